The number of thiazole rings is 1. The first kappa shape index (κ1) is 14.0. The number of nitrogens with one attached hydrogen (secondary N) is 1. The Bertz CT molecular complexity index is 663. The van der Waals surface area contributed by atoms with Crippen molar-refractivity contribution in [1.82, 2.24) is 10.3 Å². The molecule has 108 valence electrons. The van der Waals surface area contributed by atoms with E-state index in [2.05, 4.69) is 28.5 Å². The second-order valence-electron chi connectivity index (χ2n) is 4.89. The van der Waals surface area contributed by atoms with Gasteiger partial charge in [-0.3, -0.25) is 0 Å². The number of aromatic nitrogens is 1. The first-order valence-corrected chi connectivity index (χ1v) is 7.86. The summed E-state index contributed by atoms with van der Waals surface area (Å²) >= 11 is 1.76. The van der Waals surface area contributed by atoms with Gasteiger partial charge in [0.25, 0.3) is 0 Å². The van der Waals surface area contributed by atoms with Crippen molar-refractivity contribution in [3.8, 4) is 5.75 Å². The highest BCUT2D eigenvalue weighted by molar-refractivity contribution is 7.18. The fourth-order valence-corrected chi connectivity index (χ4v) is 3.22. The van der Waals surface area contributed by atoms with Crippen LogP contribution in [0, 0.1) is 0 Å². The van der Waals surface area contributed by atoms with Crippen molar-refractivity contribution < 1.29 is 4.74 Å². The lowest BCUT2D eigenvalue weighted by Crippen LogP contribution is -2.33. The van der Waals surface area contributed by atoms with Gasteiger partial charge >= 0.3 is 0 Å². The summed E-state index contributed by atoms with van der Waals surface area (Å²) < 4.78 is 7.06. The van der Waals surface area contributed by atoms with Gasteiger partial charge in [0.1, 0.15) is 12.4 Å². The second kappa shape index (κ2) is 6.70. The molecule has 0 saturated heterocycles. The van der Waals surface area contributed by atoms with E-state index in [9.17, 15) is 0 Å². The van der Waals surface area contributed by atoms with E-state index in [0.29, 0.717) is 6.61 Å². The van der Waals surface area contributed by atoms with Crippen molar-refractivity contribution >= 4 is 21.6 Å². The van der Waals surface area contributed by atoms with Gasteiger partial charge in [-0.25, -0.2) is 4.98 Å². The molecular formula is C17H18N2OS. The van der Waals surface area contributed by atoms with E-state index in [4.69, 9.17) is 4.74 Å². The molecule has 0 saturated carbocycles. The summed E-state index contributed by atoms with van der Waals surface area (Å²) in [6, 6.07) is 18.4. The van der Waals surface area contributed by atoms with Crippen molar-refractivity contribution in [3.63, 3.8) is 0 Å². The molecule has 1 heterocycles. The molecule has 0 aliphatic heterocycles. The first-order chi connectivity index (χ1) is 10.3. The van der Waals surface area contributed by atoms with Crippen LogP contribution in [0.1, 0.15) is 5.01 Å². The molecule has 0 aliphatic rings. The van der Waals surface area contributed by atoms with Gasteiger partial charge in [-0.2, -0.15) is 0 Å². The Morgan fingerprint density at radius 3 is 2.62 bits per heavy atom. The summed E-state index contributed by atoms with van der Waals surface area (Å²) in [7, 11) is 1.96. The highest BCUT2D eigenvalue weighted by Gasteiger charge is 2.12. The number of nitrogens with zero attached hydrogens (tertiary/aromatic N) is 1. The molecule has 4 heteroatoms. The van der Waals surface area contributed by atoms with Gasteiger partial charge in [-0.05, 0) is 31.3 Å². The minimum Gasteiger partial charge on any atom is -0.492 e. The number of para-hydroxylation sites is 2. The van der Waals surface area contributed by atoms with Crippen LogP contribution in [0.15, 0.2) is 54.6 Å². The van der Waals surface area contributed by atoms with Crippen molar-refractivity contribution in [2.45, 2.75) is 12.5 Å². The summed E-state index contributed by atoms with van der Waals surface area (Å²) in [5, 5.41) is 4.45. The smallest absolute Gasteiger partial charge is 0.119 e. The Hall–Kier alpha value is -1.91. The maximum Gasteiger partial charge on any atom is 0.119 e. The van der Waals surface area contributed by atoms with E-state index in [1.807, 2.05) is 43.4 Å². The fraction of sp³-hybridized carbons (Fsp3) is 0.235. The predicted octanol–water partition coefficient (Wildman–Crippen LogP) is 3.51. The number of ether oxygens (including phenoxy) is 1. The molecule has 3 nitrogen and oxygen atoms in total. The minimum absolute atomic E-state index is 0.255. The average Bonchev–Trinajstić information content (AvgIpc) is 2.94. The molecule has 1 unspecified atom stereocenters. The predicted molar refractivity (Wildman–Crippen MR) is 88.1 cm³/mol. The minimum atomic E-state index is 0.255. The number of fused-ring (bicyclic) bond motifs is 1. The molecule has 0 fully saturated rings. The third-order valence-corrected chi connectivity index (χ3v) is 4.42. The number of hydrogen-bond donors (Lipinski definition) is 1. The molecule has 1 aromatic heterocycles. The highest BCUT2D eigenvalue weighted by Crippen LogP contribution is 2.22. The van der Waals surface area contributed by atoms with Crippen LogP contribution in [-0.4, -0.2) is 24.7 Å². The van der Waals surface area contributed by atoms with E-state index < -0.39 is 0 Å². The van der Waals surface area contributed by atoms with Crippen LogP contribution in [0.4, 0.5) is 0 Å². The van der Waals surface area contributed by atoms with Gasteiger partial charge in [-0.15, -0.1) is 11.3 Å². The Morgan fingerprint density at radius 2 is 1.86 bits per heavy atom. The van der Waals surface area contributed by atoms with Crippen LogP contribution in [-0.2, 0) is 6.42 Å². The van der Waals surface area contributed by atoms with Crippen molar-refractivity contribution in [2.24, 2.45) is 0 Å². The van der Waals surface area contributed by atoms with Crippen LogP contribution in [0.2, 0.25) is 0 Å². The number of benzene rings is 2. The average molecular weight is 298 g/mol. The maximum absolute atomic E-state index is 5.82. The molecule has 0 aliphatic carbocycles. The molecule has 3 aromatic rings. The first-order valence-electron chi connectivity index (χ1n) is 7.05. The lowest BCUT2D eigenvalue weighted by molar-refractivity contribution is 0.269. The quantitative estimate of drug-likeness (QED) is 0.756. The number of likely N-dealkylation sites (N-methyl/N-ethyl adjacent to an activating group) is 1. The van der Waals surface area contributed by atoms with Crippen LogP contribution in [0.25, 0.3) is 10.2 Å². The van der Waals surface area contributed by atoms with Crippen LogP contribution >= 0.6 is 11.3 Å². The summed E-state index contributed by atoms with van der Waals surface area (Å²) in [6.07, 6.45) is 0.878. The zero-order chi connectivity index (χ0) is 14.5. The standard InChI is InChI=1S/C17H18N2OS/c1-18-13(12-20-14-7-3-2-4-8-14)11-17-19-15-9-5-6-10-16(15)21-17/h2-10,13,18H,11-12H2,1H3. The molecule has 3 rings (SSSR count). The van der Waals surface area contributed by atoms with Crippen molar-refractivity contribution in [1.29, 1.82) is 0 Å². The van der Waals surface area contributed by atoms with E-state index >= 15 is 0 Å². The summed E-state index contributed by atoms with van der Waals surface area (Å²) in [4.78, 5) is 4.68. The normalized spacial score (nSPS) is 12.4. The summed E-state index contributed by atoms with van der Waals surface area (Å²) in [5.41, 5.74) is 1.08. The molecule has 21 heavy (non-hydrogen) atoms. The fourth-order valence-electron chi connectivity index (χ4n) is 2.18. The maximum atomic E-state index is 5.82. The van der Waals surface area contributed by atoms with E-state index in [1.165, 1.54) is 4.70 Å². The lowest BCUT2D eigenvalue weighted by Gasteiger charge is -2.15. The van der Waals surface area contributed by atoms with Gasteiger partial charge in [0, 0.05) is 12.5 Å². The van der Waals surface area contributed by atoms with Crippen LogP contribution in [0.5, 0.6) is 5.75 Å². The topological polar surface area (TPSA) is 34.1 Å². The van der Waals surface area contributed by atoms with E-state index in [1.54, 1.807) is 11.3 Å². The van der Waals surface area contributed by atoms with Crippen molar-refractivity contribution in [3.05, 3.63) is 59.6 Å². The van der Waals surface area contributed by atoms with E-state index in [-0.39, 0.29) is 6.04 Å². The SMILES string of the molecule is CNC(COc1ccccc1)Cc1nc2ccccc2s1. The molecule has 1 N–H and O–H groups in total. The summed E-state index contributed by atoms with van der Waals surface area (Å²) in [5.74, 6) is 0.905. The van der Waals surface area contributed by atoms with Gasteiger partial charge < -0.3 is 10.1 Å². The zero-order valence-electron chi connectivity index (χ0n) is 12.0. The third kappa shape index (κ3) is 3.60. The lowest BCUT2D eigenvalue weighted by atomic mass is 10.2. The van der Waals surface area contributed by atoms with Crippen LogP contribution in [0.3, 0.4) is 0 Å². The Labute approximate surface area is 128 Å². The van der Waals surface area contributed by atoms with Gasteiger partial charge in [0.2, 0.25) is 0 Å². The number of hydrogen-bond acceptors (Lipinski definition) is 4. The highest BCUT2D eigenvalue weighted by atomic mass is 32.1. The van der Waals surface area contributed by atoms with Gasteiger partial charge in [0.05, 0.1) is 15.2 Å². The Morgan fingerprint density at radius 1 is 1.10 bits per heavy atom. The molecule has 0 spiro atoms. The molecular weight excluding hydrogens is 280 g/mol. The molecule has 0 bridgehead atoms. The monoisotopic (exact) mass is 298 g/mol. The Balaban J connectivity index is 1.63. The third-order valence-electron chi connectivity index (χ3n) is 3.36. The largest absolute Gasteiger partial charge is 0.492 e. The molecule has 1 atom stereocenters. The second-order valence-corrected chi connectivity index (χ2v) is 6.00. The zero-order valence-corrected chi connectivity index (χ0v) is 12.8. The van der Waals surface area contributed by atoms with Gasteiger partial charge in [-0.1, -0.05) is 30.3 Å². The Kier molecular flexibility index (Phi) is 4.48. The van der Waals surface area contributed by atoms with E-state index in [0.717, 1.165) is 22.7 Å². The van der Waals surface area contributed by atoms with Crippen LogP contribution < -0.4 is 10.1 Å². The molecule has 2 aromatic carbocycles. The van der Waals surface area contributed by atoms with Crippen molar-refractivity contribution in [2.75, 3.05) is 13.7 Å². The summed E-state index contributed by atoms with van der Waals surface area (Å²) in [6.45, 7) is 0.635. The van der Waals surface area contributed by atoms with Gasteiger partial charge in [0.15, 0.2) is 0 Å². The molecule has 0 radical (unpaired) electrons. The number of rotatable bonds is 6. The molecule has 0 amide bonds.